The fourth-order valence-electron chi connectivity index (χ4n) is 1.95. The lowest BCUT2D eigenvalue weighted by molar-refractivity contribution is 0.321. The fraction of sp³-hybridized carbons (Fsp3) is 0.571. The summed E-state index contributed by atoms with van der Waals surface area (Å²) in [4.78, 5) is 2.17. The predicted molar refractivity (Wildman–Crippen MR) is 73.0 cm³/mol. The van der Waals surface area contributed by atoms with Crippen molar-refractivity contribution in [3.63, 3.8) is 0 Å². The van der Waals surface area contributed by atoms with Crippen molar-refractivity contribution in [1.82, 2.24) is 4.90 Å². The standard InChI is InChI=1S/C14H23NO3/c1-15(2)10-6-7-11-8-9-12(16-3)14(18-5)13(11)17-4/h8-9H,6-7,10H2,1-5H3. The molecule has 0 aliphatic heterocycles. The number of benzene rings is 1. The molecule has 18 heavy (non-hydrogen) atoms. The van der Waals surface area contributed by atoms with Crippen LogP contribution in [0.1, 0.15) is 12.0 Å². The molecule has 0 saturated heterocycles. The van der Waals surface area contributed by atoms with Gasteiger partial charge in [0.15, 0.2) is 11.5 Å². The molecule has 1 aromatic carbocycles. The average molecular weight is 253 g/mol. The van der Waals surface area contributed by atoms with Crippen LogP contribution in [0.4, 0.5) is 0 Å². The average Bonchev–Trinajstić information content (AvgIpc) is 2.37. The van der Waals surface area contributed by atoms with Crippen LogP contribution in [0.5, 0.6) is 17.2 Å². The second-order valence-electron chi connectivity index (χ2n) is 4.40. The van der Waals surface area contributed by atoms with E-state index in [0.29, 0.717) is 11.5 Å². The molecule has 1 aromatic rings. The lowest BCUT2D eigenvalue weighted by Gasteiger charge is -2.16. The van der Waals surface area contributed by atoms with Crippen molar-refractivity contribution in [3.8, 4) is 17.2 Å². The zero-order valence-corrected chi connectivity index (χ0v) is 11.9. The quantitative estimate of drug-likeness (QED) is 0.745. The molecule has 0 saturated carbocycles. The maximum Gasteiger partial charge on any atom is 0.203 e. The molecule has 0 atom stereocenters. The van der Waals surface area contributed by atoms with Crippen molar-refractivity contribution >= 4 is 0 Å². The van der Waals surface area contributed by atoms with Gasteiger partial charge in [0.1, 0.15) is 0 Å². The van der Waals surface area contributed by atoms with E-state index in [1.807, 2.05) is 12.1 Å². The van der Waals surface area contributed by atoms with Gasteiger partial charge >= 0.3 is 0 Å². The maximum atomic E-state index is 5.45. The van der Waals surface area contributed by atoms with Crippen LogP contribution in [0.3, 0.4) is 0 Å². The van der Waals surface area contributed by atoms with E-state index in [1.54, 1.807) is 21.3 Å². The van der Waals surface area contributed by atoms with Crippen LogP contribution >= 0.6 is 0 Å². The molecule has 0 fully saturated rings. The highest BCUT2D eigenvalue weighted by molar-refractivity contribution is 5.55. The van der Waals surface area contributed by atoms with Gasteiger partial charge in [0.05, 0.1) is 21.3 Å². The third kappa shape index (κ3) is 3.53. The Kier molecular flexibility index (Phi) is 5.78. The number of hydrogen-bond acceptors (Lipinski definition) is 4. The van der Waals surface area contributed by atoms with Gasteiger partial charge in [0.2, 0.25) is 5.75 Å². The summed E-state index contributed by atoms with van der Waals surface area (Å²) in [6.45, 7) is 1.05. The number of nitrogens with zero attached hydrogens (tertiary/aromatic N) is 1. The highest BCUT2D eigenvalue weighted by Gasteiger charge is 2.15. The summed E-state index contributed by atoms with van der Waals surface area (Å²) >= 11 is 0. The zero-order chi connectivity index (χ0) is 13.5. The van der Waals surface area contributed by atoms with Gasteiger partial charge in [-0.2, -0.15) is 0 Å². The van der Waals surface area contributed by atoms with Crippen LogP contribution in [-0.2, 0) is 6.42 Å². The van der Waals surface area contributed by atoms with Crippen molar-refractivity contribution in [2.24, 2.45) is 0 Å². The molecule has 0 radical (unpaired) electrons. The van der Waals surface area contributed by atoms with E-state index in [4.69, 9.17) is 14.2 Å². The molecule has 4 heteroatoms. The van der Waals surface area contributed by atoms with E-state index in [0.717, 1.165) is 30.7 Å². The summed E-state index contributed by atoms with van der Waals surface area (Å²) in [5, 5.41) is 0. The fourth-order valence-corrected chi connectivity index (χ4v) is 1.95. The van der Waals surface area contributed by atoms with Gasteiger partial charge in [-0.25, -0.2) is 0 Å². The molecule has 0 heterocycles. The Morgan fingerprint density at radius 3 is 2.11 bits per heavy atom. The SMILES string of the molecule is COc1ccc(CCCN(C)C)c(OC)c1OC. The molecule has 102 valence electrons. The normalized spacial score (nSPS) is 10.6. The highest BCUT2D eigenvalue weighted by atomic mass is 16.5. The van der Waals surface area contributed by atoms with Gasteiger partial charge in [-0.1, -0.05) is 6.07 Å². The summed E-state index contributed by atoms with van der Waals surface area (Å²) in [5.41, 5.74) is 1.15. The topological polar surface area (TPSA) is 30.9 Å². The molecule has 0 aromatic heterocycles. The van der Waals surface area contributed by atoms with Crippen LogP contribution in [-0.4, -0.2) is 46.9 Å². The Labute approximate surface area is 109 Å². The number of methoxy groups -OCH3 is 3. The smallest absolute Gasteiger partial charge is 0.203 e. The predicted octanol–water partition coefficient (Wildman–Crippen LogP) is 2.21. The number of ether oxygens (including phenoxy) is 3. The Morgan fingerprint density at radius 2 is 1.61 bits per heavy atom. The van der Waals surface area contributed by atoms with Crippen LogP contribution < -0.4 is 14.2 Å². The van der Waals surface area contributed by atoms with E-state index in [1.165, 1.54) is 0 Å². The van der Waals surface area contributed by atoms with Crippen molar-refractivity contribution in [3.05, 3.63) is 17.7 Å². The van der Waals surface area contributed by atoms with Crippen LogP contribution in [0.2, 0.25) is 0 Å². The van der Waals surface area contributed by atoms with Gasteiger partial charge in [0.25, 0.3) is 0 Å². The van der Waals surface area contributed by atoms with E-state index >= 15 is 0 Å². The summed E-state index contributed by atoms with van der Waals surface area (Å²) in [6, 6.07) is 3.96. The molecule has 0 spiro atoms. The van der Waals surface area contributed by atoms with Crippen LogP contribution in [0, 0.1) is 0 Å². The third-order valence-corrected chi connectivity index (χ3v) is 2.84. The van der Waals surface area contributed by atoms with Gasteiger partial charge in [-0.3, -0.25) is 0 Å². The first kappa shape index (κ1) is 14.6. The third-order valence-electron chi connectivity index (χ3n) is 2.84. The number of rotatable bonds is 7. The Hall–Kier alpha value is -1.42. The molecule has 4 nitrogen and oxygen atoms in total. The van der Waals surface area contributed by atoms with E-state index in [-0.39, 0.29) is 0 Å². The highest BCUT2D eigenvalue weighted by Crippen LogP contribution is 2.40. The summed E-state index contributed by atoms with van der Waals surface area (Å²) in [6.07, 6.45) is 2.04. The zero-order valence-electron chi connectivity index (χ0n) is 11.9. The molecule has 0 unspecified atom stereocenters. The first-order valence-electron chi connectivity index (χ1n) is 6.06. The van der Waals surface area contributed by atoms with Gasteiger partial charge in [-0.05, 0) is 45.1 Å². The molecular formula is C14H23NO3. The lowest BCUT2D eigenvalue weighted by Crippen LogP contribution is -2.13. The largest absolute Gasteiger partial charge is 0.493 e. The minimum atomic E-state index is 0.669. The second-order valence-corrected chi connectivity index (χ2v) is 4.40. The lowest BCUT2D eigenvalue weighted by atomic mass is 10.1. The summed E-state index contributed by atoms with van der Waals surface area (Å²) < 4.78 is 16.1. The first-order chi connectivity index (χ1) is 8.63. The van der Waals surface area contributed by atoms with E-state index in [9.17, 15) is 0 Å². The minimum absolute atomic E-state index is 0.669. The van der Waals surface area contributed by atoms with Crippen molar-refractivity contribution in [2.75, 3.05) is 42.0 Å². The molecular weight excluding hydrogens is 230 g/mol. The van der Waals surface area contributed by atoms with E-state index in [2.05, 4.69) is 19.0 Å². The van der Waals surface area contributed by atoms with Crippen molar-refractivity contribution < 1.29 is 14.2 Å². The Morgan fingerprint density at radius 1 is 0.944 bits per heavy atom. The molecule has 0 aliphatic rings. The van der Waals surface area contributed by atoms with Gasteiger partial charge < -0.3 is 19.1 Å². The molecule has 1 rings (SSSR count). The van der Waals surface area contributed by atoms with Crippen LogP contribution in [0.15, 0.2) is 12.1 Å². The van der Waals surface area contributed by atoms with Gasteiger partial charge in [0, 0.05) is 0 Å². The molecule has 0 aliphatic carbocycles. The first-order valence-corrected chi connectivity index (χ1v) is 6.06. The monoisotopic (exact) mass is 253 g/mol. The number of aryl methyl sites for hydroxylation is 1. The van der Waals surface area contributed by atoms with Crippen molar-refractivity contribution in [1.29, 1.82) is 0 Å². The molecule has 0 N–H and O–H groups in total. The van der Waals surface area contributed by atoms with Gasteiger partial charge in [-0.15, -0.1) is 0 Å². The van der Waals surface area contributed by atoms with E-state index < -0.39 is 0 Å². The maximum absolute atomic E-state index is 5.45. The molecule has 0 amide bonds. The summed E-state index contributed by atoms with van der Waals surface area (Å²) in [7, 11) is 9.07. The number of hydrogen-bond donors (Lipinski definition) is 0. The summed E-state index contributed by atoms with van der Waals surface area (Å²) in [5.74, 6) is 2.14. The Balaban J connectivity index is 2.91. The Bertz CT molecular complexity index is 378. The molecule has 0 bridgehead atoms. The second kappa shape index (κ2) is 7.11. The van der Waals surface area contributed by atoms with Crippen LogP contribution in [0.25, 0.3) is 0 Å². The van der Waals surface area contributed by atoms with Crippen molar-refractivity contribution in [2.45, 2.75) is 12.8 Å². The minimum Gasteiger partial charge on any atom is -0.493 e.